The number of benzene rings is 1. The van der Waals surface area contributed by atoms with Crippen LogP contribution in [-0.2, 0) is 4.79 Å². The van der Waals surface area contributed by atoms with Crippen LogP contribution in [0.2, 0.25) is 0 Å². The molecular weight excluding hydrogens is 318 g/mol. The molecule has 2 N–H and O–H groups in total. The molecule has 0 saturated heterocycles. The summed E-state index contributed by atoms with van der Waals surface area (Å²) in [5.74, 6) is -0.0955. The highest BCUT2D eigenvalue weighted by molar-refractivity contribution is 9.10. The van der Waals surface area contributed by atoms with Crippen LogP contribution >= 0.6 is 15.9 Å². The molecule has 5 heteroatoms. The second kappa shape index (κ2) is 8.17. The predicted octanol–water partition coefficient (Wildman–Crippen LogP) is 2.82. The van der Waals surface area contributed by atoms with Gasteiger partial charge in [-0.3, -0.25) is 4.79 Å². The number of amides is 1. The minimum atomic E-state index is -0.0955. The third-order valence-corrected chi connectivity index (χ3v) is 3.90. The Morgan fingerprint density at radius 1 is 1.35 bits per heavy atom. The van der Waals surface area contributed by atoms with Gasteiger partial charge >= 0.3 is 0 Å². The molecule has 108 valence electrons. The normalized spacial score (nSPS) is 16.4. The fraction of sp³-hybridized carbons (Fsp3) is 0.467. The van der Waals surface area contributed by atoms with Gasteiger partial charge in [-0.25, -0.2) is 5.43 Å². The summed E-state index contributed by atoms with van der Waals surface area (Å²) in [7, 11) is 0. The SMILES string of the molecule is O=C(CNC1CCCCC1)N/N=C\c1cccc(Br)c1. The lowest BCUT2D eigenvalue weighted by Crippen LogP contribution is -2.38. The number of hydrogen-bond acceptors (Lipinski definition) is 3. The summed E-state index contributed by atoms with van der Waals surface area (Å²) in [5.41, 5.74) is 3.49. The van der Waals surface area contributed by atoms with E-state index in [-0.39, 0.29) is 5.91 Å². The predicted molar refractivity (Wildman–Crippen MR) is 84.8 cm³/mol. The quantitative estimate of drug-likeness (QED) is 0.641. The fourth-order valence-electron chi connectivity index (χ4n) is 2.35. The van der Waals surface area contributed by atoms with E-state index in [1.807, 2.05) is 24.3 Å². The van der Waals surface area contributed by atoms with Gasteiger partial charge in [-0.1, -0.05) is 47.3 Å². The van der Waals surface area contributed by atoms with Crippen molar-refractivity contribution in [3.05, 3.63) is 34.3 Å². The number of hydrazone groups is 1. The van der Waals surface area contributed by atoms with Gasteiger partial charge in [0, 0.05) is 10.5 Å². The summed E-state index contributed by atoms with van der Waals surface area (Å²) in [5, 5.41) is 7.25. The minimum absolute atomic E-state index is 0.0955. The molecule has 20 heavy (non-hydrogen) atoms. The molecule has 0 aliphatic heterocycles. The number of hydrogen-bond donors (Lipinski definition) is 2. The van der Waals surface area contributed by atoms with Crippen molar-refractivity contribution in [1.82, 2.24) is 10.7 Å². The van der Waals surface area contributed by atoms with Gasteiger partial charge in [0.05, 0.1) is 12.8 Å². The van der Waals surface area contributed by atoms with Crippen molar-refractivity contribution in [2.45, 2.75) is 38.1 Å². The van der Waals surface area contributed by atoms with Gasteiger partial charge in [0.1, 0.15) is 0 Å². The summed E-state index contributed by atoms with van der Waals surface area (Å²) >= 11 is 3.39. The van der Waals surface area contributed by atoms with Crippen molar-refractivity contribution in [2.75, 3.05) is 6.54 Å². The highest BCUT2D eigenvalue weighted by Gasteiger charge is 2.13. The lowest BCUT2D eigenvalue weighted by molar-refractivity contribution is -0.120. The van der Waals surface area contributed by atoms with Crippen LogP contribution in [0, 0.1) is 0 Å². The van der Waals surface area contributed by atoms with E-state index < -0.39 is 0 Å². The monoisotopic (exact) mass is 337 g/mol. The van der Waals surface area contributed by atoms with E-state index in [1.165, 1.54) is 32.1 Å². The topological polar surface area (TPSA) is 53.5 Å². The van der Waals surface area contributed by atoms with Crippen molar-refractivity contribution < 1.29 is 4.79 Å². The summed E-state index contributed by atoms with van der Waals surface area (Å²) in [4.78, 5) is 11.6. The Kier molecular flexibility index (Phi) is 6.21. The van der Waals surface area contributed by atoms with Crippen LogP contribution in [0.3, 0.4) is 0 Å². The van der Waals surface area contributed by atoms with Gasteiger partial charge in [-0.15, -0.1) is 0 Å². The van der Waals surface area contributed by atoms with Crippen molar-refractivity contribution in [2.24, 2.45) is 5.10 Å². The third kappa shape index (κ3) is 5.43. The average molecular weight is 338 g/mol. The molecule has 1 aliphatic carbocycles. The lowest BCUT2D eigenvalue weighted by Gasteiger charge is -2.22. The van der Waals surface area contributed by atoms with E-state index in [4.69, 9.17) is 0 Å². The standard InChI is InChI=1S/C15H20BrN3O/c16-13-6-4-5-12(9-13)10-18-19-15(20)11-17-14-7-2-1-3-8-14/h4-6,9-10,14,17H,1-3,7-8,11H2,(H,19,20)/b18-10-. The maximum Gasteiger partial charge on any atom is 0.254 e. The molecule has 0 bridgehead atoms. The van der Waals surface area contributed by atoms with Gasteiger partial charge in [0.15, 0.2) is 0 Å². The van der Waals surface area contributed by atoms with Crippen LogP contribution < -0.4 is 10.7 Å². The minimum Gasteiger partial charge on any atom is -0.306 e. The highest BCUT2D eigenvalue weighted by atomic mass is 79.9. The first-order valence-corrected chi connectivity index (χ1v) is 7.84. The second-order valence-corrected chi connectivity index (χ2v) is 5.98. The Labute approximate surface area is 128 Å². The molecule has 0 aromatic heterocycles. The Morgan fingerprint density at radius 2 is 2.15 bits per heavy atom. The zero-order valence-corrected chi connectivity index (χ0v) is 13.0. The molecule has 1 aliphatic rings. The zero-order chi connectivity index (χ0) is 14.2. The molecule has 1 aromatic carbocycles. The van der Waals surface area contributed by atoms with Crippen LogP contribution in [-0.4, -0.2) is 24.7 Å². The van der Waals surface area contributed by atoms with E-state index in [0.717, 1.165) is 10.0 Å². The number of rotatable bonds is 5. The number of carbonyl (C=O) groups excluding carboxylic acids is 1. The van der Waals surface area contributed by atoms with Crippen molar-refractivity contribution in [3.63, 3.8) is 0 Å². The largest absolute Gasteiger partial charge is 0.306 e. The van der Waals surface area contributed by atoms with Crippen molar-refractivity contribution in [3.8, 4) is 0 Å². The van der Waals surface area contributed by atoms with Gasteiger partial charge < -0.3 is 5.32 Å². The molecule has 1 aromatic rings. The molecule has 1 saturated carbocycles. The van der Waals surface area contributed by atoms with E-state index in [9.17, 15) is 4.79 Å². The number of halogens is 1. The van der Waals surface area contributed by atoms with E-state index in [0.29, 0.717) is 12.6 Å². The second-order valence-electron chi connectivity index (χ2n) is 5.06. The number of nitrogens with zero attached hydrogens (tertiary/aromatic N) is 1. The highest BCUT2D eigenvalue weighted by Crippen LogP contribution is 2.16. The molecule has 2 rings (SSSR count). The van der Waals surface area contributed by atoms with Gasteiger partial charge in [0.2, 0.25) is 0 Å². The molecule has 0 unspecified atom stereocenters. The van der Waals surface area contributed by atoms with Crippen molar-refractivity contribution in [1.29, 1.82) is 0 Å². The van der Waals surface area contributed by atoms with Crippen LogP contribution in [0.5, 0.6) is 0 Å². The van der Waals surface area contributed by atoms with Crippen LogP contribution in [0.25, 0.3) is 0 Å². The Balaban J connectivity index is 1.69. The summed E-state index contributed by atoms with van der Waals surface area (Å²) < 4.78 is 0.992. The first-order chi connectivity index (χ1) is 9.74. The Bertz CT molecular complexity index is 470. The van der Waals surface area contributed by atoms with Gasteiger partial charge in [-0.05, 0) is 30.5 Å². The maximum absolute atomic E-state index is 11.6. The van der Waals surface area contributed by atoms with E-state index in [2.05, 4.69) is 31.8 Å². The maximum atomic E-state index is 11.6. The number of nitrogens with one attached hydrogen (secondary N) is 2. The van der Waals surface area contributed by atoms with Crippen LogP contribution in [0.15, 0.2) is 33.8 Å². The van der Waals surface area contributed by atoms with E-state index >= 15 is 0 Å². The first kappa shape index (κ1) is 15.2. The fourth-order valence-corrected chi connectivity index (χ4v) is 2.77. The first-order valence-electron chi connectivity index (χ1n) is 7.05. The molecule has 1 fully saturated rings. The van der Waals surface area contributed by atoms with Gasteiger partial charge in [-0.2, -0.15) is 5.10 Å². The van der Waals surface area contributed by atoms with E-state index in [1.54, 1.807) is 6.21 Å². The van der Waals surface area contributed by atoms with Crippen molar-refractivity contribution >= 4 is 28.1 Å². The summed E-state index contributed by atoms with van der Waals surface area (Å²) in [6, 6.07) is 8.24. The molecule has 4 nitrogen and oxygen atoms in total. The van der Waals surface area contributed by atoms with Crippen LogP contribution in [0.4, 0.5) is 0 Å². The molecule has 0 atom stereocenters. The smallest absolute Gasteiger partial charge is 0.254 e. The molecule has 0 heterocycles. The molecule has 1 amide bonds. The number of carbonyl (C=O) groups is 1. The molecular formula is C15H20BrN3O. The third-order valence-electron chi connectivity index (χ3n) is 3.41. The average Bonchev–Trinajstić information content (AvgIpc) is 2.46. The zero-order valence-electron chi connectivity index (χ0n) is 11.4. The van der Waals surface area contributed by atoms with Gasteiger partial charge in [0.25, 0.3) is 5.91 Å². The Morgan fingerprint density at radius 3 is 2.90 bits per heavy atom. The summed E-state index contributed by atoms with van der Waals surface area (Å²) in [6.45, 7) is 0.334. The molecule has 0 spiro atoms. The summed E-state index contributed by atoms with van der Waals surface area (Å²) in [6.07, 6.45) is 7.84. The molecule has 0 radical (unpaired) electrons. The Hall–Kier alpha value is -1.20. The van der Waals surface area contributed by atoms with Crippen LogP contribution in [0.1, 0.15) is 37.7 Å². The lowest BCUT2D eigenvalue weighted by atomic mass is 9.95.